The molecule has 94 valence electrons. The highest BCUT2D eigenvalue weighted by Crippen LogP contribution is 2.26. The summed E-state index contributed by atoms with van der Waals surface area (Å²) < 4.78 is 14.3. The van der Waals surface area contributed by atoms with Crippen molar-refractivity contribution in [1.82, 2.24) is 0 Å². The zero-order chi connectivity index (χ0) is 13.1. The molecule has 0 unspecified atom stereocenters. The fourth-order valence-electron chi connectivity index (χ4n) is 1.47. The average Bonchev–Trinajstić information content (AvgIpc) is 2.32. The summed E-state index contributed by atoms with van der Waals surface area (Å²) in [6.07, 6.45) is 0. The van der Waals surface area contributed by atoms with Gasteiger partial charge in [-0.05, 0) is 46.3 Å². The Balaban J connectivity index is 2.09. The summed E-state index contributed by atoms with van der Waals surface area (Å²) >= 11 is 14.9. The number of rotatable bonds is 3. The average molecular weight is 349 g/mol. The van der Waals surface area contributed by atoms with Gasteiger partial charge in [0.05, 0.1) is 5.02 Å². The predicted octanol–water partition coefficient (Wildman–Crippen LogP) is 5.51. The van der Waals surface area contributed by atoms with E-state index in [1.165, 1.54) is 6.07 Å². The minimum atomic E-state index is -0.317. The highest BCUT2D eigenvalue weighted by Gasteiger charge is 2.03. The Morgan fingerprint density at radius 3 is 2.56 bits per heavy atom. The standard InChI is InChI=1S/C13H9BrCl2FN/c14-11-6-10(3-4-12(11)16)18-7-8-1-2-9(15)5-13(8)17/h1-6,18H,7H2. The van der Waals surface area contributed by atoms with Gasteiger partial charge >= 0.3 is 0 Å². The normalized spacial score (nSPS) is 10.4. The van der Waals surface area contributed by atoms with Crippen molar-refractivity contribution in [3.8, 4) is 0 Å². The third kappa shape index (κ3) is 3.37. The Hall–Kier alpha value is -0.770. The molecule has 0 bridgehead atoms. The Bertz CT molecular complexity index is 575. The number of halogens is 4. The van der Waals surface area contributed by atoms with Gasteiger partial charge in [-0.2, -0.15) is 0 Å². The van der Waals surface area contributed by atoms with E-state index in [2.05, 4.69) is 21.2 Å². The van der Waals surface area contributed by atoms with Crippen LogP contribution in [0, 0.1) is 5.82 Å². The Kier molecular flexibility index (Phi) is 4.49. The highest BCUT2D eigenvalue weighted by molar-refractivity contribution is 9.10. The Labute approximate surface area is 123 Å². The number of benzene rings is 2. The van der Waals surface area contributed by atoms with Crippen molar-refractivity contribution in [3.05, 3.63) is 62.3 Å². The lowest BCUT2D eigenvalue weighted by Crippen LogP contribution is -2.01. The predicted molar refractivity (Wildman–Crippen MR) is 77.9 cm³/mol. The molecule has 0 aromatic heterocycles. The van der Waals surface area contributed by atoms with Crippen molar-refractivity contribution in [2.45, 2.75) is 6.54 Å². The van der Waals surface area contributed by atoms with Gasteiger partial charge in [0, 0.05) is 27.3 Å². The van der Waals surface area contributed by atoms with E-state index in [-0.39, 0.29) is 5.82 Å². The molecule has 18 heavy (non-hydrogen) atoms. The zero-order valence-electron chi connectivity index (χ0n) is 9.18. The molecule has 0 aliphatic heterocycles. The maximum atomic E-state index is 13.5. The van der Waals surface area contributed by atoms with E-state index in [0.717, 1.165) is 10.2 Å². The smallest absolute Gasteiger partial charge is 0.129 e. The van der Waals surface area contributed by atoms with Crippen molar-refractivity contribution >= 4 is 44.8 Å². The van der Waals surface area contributed by atoms with Crippen molar-refractivity contribution in [1.29, 1.82) is 0 Å². The minimum absolute atomic E-state index is 0.317. The van der Waals surface area contributed by atoms with Gasteiger partial charge in [0.1, 0.15) is 5.82 Å². The summed E-state index contributed by atoms with van der Waals surface area (Å²) in [6, 6.07) is 10.1. The second kappa shape index (κ2) is 5.91. The molecule has 2 aromatic carbocycles. The van der Waals surface area contributed by atoms with E-state index >= 15 is 0 Å². The third-order valence-electron chi connectivity index (χ3n) is 2.42. The summed E-state index contributed by atoms with van der Waals surface area (Å²) in [6.45, 7) is 0.386. The first-order chi connectivity index (χ1) is 8.56. The van der Waals surface area contributed by atoms with Crippen LogP contribution in [0.5, 0.6) is 0 Å². The maximum Gasteiger partial charge on any atom is 0.129 e. The van der Waals surface area contributed by atoms with Gasteiger partial charge in [0.15, 0.2) is 0 Å². The summed E-state index contributed by atoms with van der Waals surface area (Å²) in [5.74, 6) is -0.317. The second-order valence-electron chi connectivity index (χ2n) is 3.72. The Morgan fingerprint density at radius 1 is 1.11 bits per heavy atom. The van der Waals surface area contributed by atoms with Crippen LogP contribution in [0.4, 0.5) is 10.1 Å². The first-order valence-electron chi connectivity index (χ1n) is 5.19. The first-order valence-corrected chi connectivity index (χ1v) is 6.74. The van der Waals surface area contributed by atoms with Crippen LogP contribution in [-0.2, 0) is 6.54 Å². The molecule has 0 spiro atoms. The van der Waals surface area contributed by atoms with Crippen molar-refractivity contribution < 1.29 is 4.39 Å². The number of anilines is 1. The molecule has 5 heteroatoms. The molecule has 0 saturated carbocycles. The fourth-order valence-corrected chi connectivity index (χ4v) is 2.12. The lowest BCUT2D eigenvalue weighted by atomic mass is 10.2. The van der Waals surface area contributed by atoms with E-state index in [1.54, 1.807) is 18.2 Å². The molecule has 0 atom stereocenters. The maximum absolute atomic E-state index is 13.5. The molecule has 0 amide bonds. The van der Waals surface area contributed by atoms with E-state index in [4.69, 9.17) is 23.2 Å². The molecule has 0 heterocycles. The fraction of sp³-hybridized carbons (Fsp3) is 0.0769. The molecule has 0 radical (unpaired) electrons. The molecule has 0 saturated heterocycles. The molecule has 0 aliphatic rings. The van der Waals surface area contributed by atoms with Crippen LogP contribution < -0.4 is 5.32 Å². The molecular weight excluding hydrogens is 340 g/mol. The van der Waals surface area contributed by atoms with Gasteiger partial charge in [0.25, 0.3) is 0 Å². The van der Waals surface area contributed by atoms with Crippen LogP contribution in [0.15, 0.2) is 40.9 Å². The SMILES string of the molecule is Fc1cc(Cl)ccc1CNc1ccc(Cl)c(Br)c1. The molecule has 0 aliphatic carbocycles. The van der Waals surface area contributed by atoms with Gasteiger partial charge in [-0.25, -0.2) is 4.39 Å². The van der Waals surface area contributed by atoms with Gasteiger partial charge in [-0.15, -0.1) is 0 Å². The van der Waals surface area contributed by atoms with Crippen molar-refractivity contribution in [2.75, 3.05) is 5.32 Å². The van der Waals surface area contributed by atoms with Crippen LogP contribution in [0.3, 0.4) is 0 Å². The van der Waals surface area contributed by atoms with E-state index in [0.29, 0.717) is 22.2 Å². The lowest BCUT2D eigenvalue weighted by molar-refractivity contribution is 0.613. The van der Waals surface area contributed by atoms with E-state index in [1.807, 2.05) is 12.1 Å². The molecule has 2 aromatic rings. The van der Waals surface area contributed by atoms with Gasteiger partial charge in [-0.1, -0.05) is 29.3 Å². The number of nitrogens with one attached hydrogen (secondary N) is 1. The van der Waals surface area contributed by atoms with Crippen LogP contribution in [0.25, 0.3) is 0 Å². The van der Waals surface area contributed by atoms with Crippen LogP contribution in [0.1, 0.15) is 5.56 Å². The summed E-state index contributed by atoms with van der Waals surface area (Å²) in [5, 5.41) is 4.15. The number of hydrogen-bond acceptors (Lipinski definition) is 1. The molecule has 2 rings (SSSR count). The largest absolute Gasteiger partial charge is 0.381 e. The Morgan fingerprint density at radius 2 is 1.89 bits per heavy atom. The van der Waals surface area contributed by atoms with Crippen LogP contribution >= 0.6 is 39.1 Å². The topological polar surface area (TPSA) is 12.0 Å². The van der Waals surface area contributed by atoms with Gasteiger partial charge < -0.3 is 5.32 Å². The number of hydrogen-bond donors (Lipinski definition) is 1. The van der Waals surface area contributed by atoms with Crippen LogP contribution in [-0.4, -0.2) is 0 Å². The monoisotopic (exact) mass is 347 g/mol. The molecular formula is C13H9BrCl2FN. The summed E-state index contributed by atoms with van der Waals surface area (Å²) in [5.41, 5.74) is 1.42. The van der Waals surface area contributed by atoms with E-state index < -0.39 is 0 Å². The highest BCUT2D eigenvalue weighted by atomic mass is 79.9. The molecule has 1 N–H and O–H groups in total. The van der Waals surface area contributed by atoms with Crippen molar-refractivity contribution in [3.63, 3.8) is 0 Å². The third-order valence-corrected chi connectivity index (χ3v) is 3.87. The summed E-state index contributed by atoms with van der Waals surface area (Å²) in [7, 11) is 0. The summed E-state index contributed by atoms with van der Waals surface area (Å²) in [4.78, 5) is 0. The quantitative estimate of drug-likeness (QED) is 0.771. The lowest BCUT2D eigenvalue weighted by Gasteiger charge is -2.08. The molecule has 0 fully saturated rings. The zero-order valence-corrected chi connectivity index (χ0v) is 12.3. The second-order valence-corrected chi connectivity index (χ2v) is 5.42. The van der Waals surface area contributed by atoms with E-state index in [9.17, 15) is 4.39 Å². The minimum Gasteiger partial charge on any atom is -0.381 e. The first kappa shape index (κ1) is 13.7. The van der Waals surface area contributed by atoms with Crippen molar-refractivity contribution in [2.24, 2.45) is 0 Å². The van der Waals surface area contributed by atoms with Gasteiger partial charge in [0.2, 0.25) is 0 Å². The van der Waals surface area contributed by atoms with Crippen LogP contribution in [0.2, 0.25) is 10.0 Å². The van der Waals surface area contributed by atoms with Gasteiger partial charge in [-0.3, -0.25) is 0 Å². The molecule has 1 nitrogen and oxygen atoms in total.